The third-order valence-corrected chi connectivity index (χ3v) is 4.37. The molecule has 2 saturated carbocycles. The normalized spacial score (nSPS) is 32.4. The minimum Gasteiger partial charge on any atom is -0.315 e. The van der Waals surface area contributed by atoms with E-state index in [1.165, 1.54) is 32.2 Å². The molecule has 3 rings (SSSR count). The Kier molecular flexibility index (Phi) is 2.96. The van der Waals surface area contributed by atoms with E-state index < -0.39 is 0 Å². The van der Waals surface area contributed by atoms with E-state index in [1.54, 1.807) is 0 Å². The molecule has 0 saturated heterocycles. The highest BCUT2D eigenvalue weighted by molar-refractivity contribution is 4.90. The number of rotatable bonds is 5. The summed E-state index contributed by atoms with van der Waals surface area (Å²) in [5, 5.41) is 7.79. The molecular formula is C13H21N3. The Labute approximate surface area is 97.2 Å². The molecule has 16 heavy (non-hydrogen) atoms. The molecule has 2 bridgehead atoms. The fraction of sp³-hybridized carbons (Fsp3) is 0.769. The molecule has 0 aromatic carbocycles. The highest BCUT2D eigenvalue weighted by atomic mass is 15.3. The molecule has 1 N–H and O–H groups in total. The molecule has 3 nitrogen and oxygen atoms in total. The molecule has 3 atom stereocenters. The van der Waals surface area contributed by atoms with Crippen molar-refractivity contribution in [3.63, 3.8) is 0 Å². The van der Waals surface area contributed by atoms with Gasteiger partial charge in [0.2, 0.25) is 0 Å². The lowest BCUT2D eigenvalue weighted by atomic mass is 9.89. The Morgan fingerprint density at radius 1 is 1.31 bits per heavy atom. The molecule has 2 aliphatic rings. The van der Waals surface area contributed by atoms with E-state index in [0.29, 0.717) is 0 Å². The van der Waals surface area contributed by atoms with Crippen molar-refractivity contribution in [2.24, 2.45) is 17.8 Å². The van der Waals surface area contributed by atoms with E-state index in [-0.39, 0.29) is 0 Å². The van der Waals surface area contributed by atoms with E-state index in [1.807, 2.05) is 23.1 Å². The highest BCUT2D eigenvalue weighted by Gasteiger charge is 2.38. The molecule has 2 aliphatic carbocycles. The summed E-state index contributed by atoms with van der Waals surface area (Å²) in [7, 11) is 0. The van der Waals surface area contributed by atoms with E-state index in [2.05, 4.69) is 10.4 Å². The van der Waals surface area contributed by atoms with Crippen LogP contribution in [0.15, 0.2) is 18.5 Å². The fourth-order valence-electron chi connectivity index (χ4n) is 3.54. The van der Waals surface area contributed by atoms with Gasteiger partial charge in [-0.25, -0.2) is 0 Å². The Morgan fingerprint density at radius 2 is 2.31 bits per heavy atom. The molecule has 2 fully saturated rings. The van der Waals surface area contributed by atoms with Gasteiger partial charge in [-0.05, 0) is 49.6 Å². The summed E-state index contributed by atoms with van der Waals surface area (Å²) >= 11 is 0. The number of aromatic nitrogens is 2. The van der Waals surface area contributed by atoms with Gasteiger partial charge >= 0.3 is 0 Å². The Hall–Kier alpha value is -0.830. The van der Waals surface area contributed by atoms with E-state index in [4.69, 9.17) is 0 Å². The Balaban J connectivity index is 1.35. The van der Waals surface area contributed by atoms with Gasteiger partial charge in [0.05, 0.1) is 6.54 Å². The lowest BCUT2D eigenvalue weighted by Gasteiger charge is -2.21. The smallest absolute Gasteiger partial charge is 0.0533 e. The third-order valence-electron chi connectivity index (χ3n) is 4.37. The van der Waals surface area contributed by atoms with E-state index in [0.717, 1.165) is 30.8 Å². The van der Waals surface area contributed by atoms with Gasteiger partial charge in [0.15, 0.2) is 0 Å². The van der Waals surface area contributed by atoms with Crippen molar-refractivity contribution in [1.82, 2.24) is 15.1 Å². The number of nitrogens with one attached hydrogen (secondary N) is 1. The van der Waals surface area contributed by atoms with Crippen LogP contribution >= 0.6 is 0 Å². The monoisotopic (exact) mass is 219 g/mol. The van der Waals surface area contributed by atoms with Crippen LogP contribution in [0.4, 0.5) is 0 Å². The van der Waals surface area contributed by atoms with Gasteiger partial charge < -0.3 is 5.32 Å². The van der Waals surface area contributed by atoms with Crippen LogP contribution in [-0.4, -0.2) is 22.9 Å². The zero-order chi connectivity index (χ0) is 10.8. The quantitative estimate of drug-likeness (QED) is 0.767. The molecule has 0 spiro atoms. The standard InChI is InChI=1S/C13H21N3/c1-4-15-16(6-1)7-5-14-10-13-9-11-2-3-12(13)8-11/h1,4,6,11-14H,2-3,5,7-10H2. The second-order valence-electron chi connectivity index (χ2n) is 5.41. The minimum absolute atomic E-state index is 0.969. The van der Waals surface area contributed by atoms with Crippen molar-refractivity contribution in [3.05, 3.63) is 18.5 Å². The van der Waals surface area contributed by atoms with Crippen LogP contribution in [-0.2, 0) is 6.54 Å². The van der Waals surface area contributed by atoms with Crippen LogP contribution in [0, 0.1) is 17.8 Å². The average Bonchev–Trinajstić information content (AvgIpc) is 3.01. The molecule has 3 heteroatoms. The predicted molar refractivity (Wildman–Crippen MR) is 64.0 cm³/mol. The molecule has 88 valence electrons. The predicted octanol–water partition coefficient (Wildman–Crippen LogP) is 1.91. The van der Waals surface area contributed by atoms with Crippen molar-refractivity contribution >= 4 is 0 Å². The first-order chi connectivity index (χ1) is 7.92. The fourth-order valence-corrected chi connectivity index (χ4v) is 3.54. The number of hydrogen-bond acceptors (Lipinski definition) is 2. The summed E-state index contributed by atoms with van der Waals surface area (Å²) in [5.74, 6) is 3.08. The van der Waals surface area contributed by atoms with Crippen LogP contribution in [0.5, 0.6) is 0 Å². The van der Waals surface area contributed by atoms with E-state index in [9.17, 15) is 0 Å². The van der Waals surface area contributed by atoms with Crippen molar-refractivity contribution in [1.29, 1.82) is 0 Å². The summed E-state index contributed by atoms with van der Waals surface area (Å²) in [4.78, 5) is 0. The summed E-state index contributed by atoms with van der Waals surface area (Å²) in [6.45, 7) is 3.27. The maximum Gasteiger partial charge on any atom is 0.0533 e. The average molecular weight is 219 g/mol. The number of fused-ring (bicyclic) bond motifs is 2. The first-order valence-electron chi connectivity index (χ1n) is 6.60. The summed E-state index contributed by atoms with van der Waals surface area (Å²) in [6, 6.07) is 1.98. The Morgan fingerprint density at radius 3 is 3.00 bits per heavy atom. The lowest BCUT2D eigenvalue weighted by molar-refractivity contribution is 0.317. The first kappa shape index (κ1) is 10.3. The molecule has 1 heterocycles. The van der Waals surface area contributed by atoms with Crippen LogP contribution in [0.2, 0.25) is 0 Å². The lowest BCUT2D eigenvalue weighted by Crippen LogP contribution is -2.29. The molecule has 0 aliphatic heterocycles. The SMILES string of the molecule is c1cnn(CCNCC2CC3CCC2C3)c1. The van der Waals surface area contributed by atoms with Crippen molar-refractivity contribution in [2.75, 3.05) is 13.1 Å². The second kappa shape index (κ2) is 4.58. The summed E-state index contributed by atoms with van der Waals surface area (Å²) in [5.41, 5.74) is 0. The molecule has 1 aromatic heterocycles. The van der Waals surface area contributed by atoms with E-state index >= 15 is 0 Å². The van der Waals surface area contributed by atoms with Gasteiger partial charge in [-0.1, -0.05) is 6.42 Å². The Bertz CT molecular complexity index is 320. The maximum absolute atomic E-state index is 4.20. The van der Waals surface area contributed by atoms with Crippen LogP contribution in [0.3, 0.4) is 0 Å². The van der Waals surface area contributed by atoms with Crippen LogP contribution < -0.4 is 5.32 Å². The molecule has 1 aromatic rings. The largest absolute Gasteiger partial charge is 0.315 e. The van der Waals surface area contributed by atoms with Crippen molar-refractivity contribution < 1.29 is 0 Å². The minimum atomic E-state index is 0.969. The highest BCUT2D eigenvalue weighted by Crippen LogP contribution is 2.47. The number of hydrogen-bond donors (Lipinski definition) is 1. The van der Waals surface area contributed by atoms with Crippen LogP contribution in [0.25, 0.3) is 0 Å². The summed E-state index contributed by atoms with van der Waals surface area (Å²) < 4.78 is 1.99. The summed E-state index contributed by atoms with van der Waals surface area (Å²) in [6.07, 6.45) is 9.88. The third kappa shape index (κ3) is 2.14. The maximum atomic E-state index is 4.20. The van der Waals surface area contributed by atoms with Gasteiger partial charge in [-0.15, -0.1) is 0 Å². The van der Waals surface area contributed by atoms with Crippen molar-refractivity contribution in [3.8, 4) is 0 Å². The van der Waals surface area contributed by atoms with Gasteiger partial charge in [0.1, 0.15) is 0 Å². The zero-order valence-electron chi connectivity index (χ0n) is 9.81. The van der Waals surface area contributed by atoms with Gasteiger partial charge in [0.25, 0.3) is 0 Å². The molecular weight excluding hydrogens is 198 g/mol. The van der Waals surface area contributed by atoms with Crippen molar-refractivity contribution in [2.45, 2.75) is 32.2 Å². The zero-order valence-corrected chi connectivity index (χ0v) is 9.81. The van der Waals surface area contributed by atoms with Gasteiger partial charge in [-0.3, -0.25) is 4.68 Å². The topological polar surface area (TPSA) is 29.9 Å². The number of nitrogens with zero attached hydrogens (tertiary/aromatic N) is 2. The second-order valence-corrected chi connectivity index (χ2v) is 5.41. The van der Waals surface area contributed by atoms with Gasteiger partial charge in [0, 0.05) is 18.9 Å². The first-order valence-corrected chi connectivity index (χ1v) is 6.60. The van der Waals surface area contributed by atoms with Crippen LogP contribution in [0.1, 0.15) is 25.7 Å². The van der Waals surface area contributed by atoms with Gasteiger partial charge in [-0.2, -0.15) is 5.10 Å². The molecule has 3 unspecified atom stereocenters. The molecule has 0 amide bonds. The molecule has 0 radical (unpaired) electrons.